The van der Waals surface area contributed by atoms with Crippen LogP contribution in [0.25, 0.3) is 0 Å². The maximum atomic E-state index is 15.2. The van der Waals surface area contributed by atoms with Crippen molar-refractivity contribution in [2.45, 2.75) is 206 Å². The van der Waals surface area contributed by atoms with E-state index in [0.29, 0.717) is 114 Å². The normalized spacial score (nSPS) is 32.1. The standard InChI is InChI=1S/C22H26F2O2.C21H24F2O3.C19H29BF2O2.C9H8O2.I3/c1-13(25)18-3-5-19(6-4-18)20(26)22(23,24)14(2)21-10-15-7-16(11-21)9-17(8-15)12-21;1-12(24)16-2-4-17(5-3-16)18(25)21(22,23)19(26)20-9-13-6-14(10-20)8-15(7-13)11-20;1-17(2)18(3,4)24-20(23-17)11-15(16(21)22)19-8-12-5-13(9-19)7-14(6-12)10-19;1-7(11)9-4-2-8(6-10)3-5-9;1-3-2/h3-6,15-17,20,26H,2,7-12H2,1H3;2-5,13-15,18,25H,6-11H2,1H3;12-14H,5-11H2,1-4H3;2-6H,1H3;/q;;;;-1. The average Bonchev–Trinajstić information content (AvgIpc) is 0.862. The molecule has 12 bridgehead atoms. The summed E-state index contributed by atoms with van der Waals surface area (Å²) in [5.74, 6) is -3.81. The summed E-state index contributed by atoms with van der Waals surface area (Å²) in [6.07, 6.45) is 12.8. The van der Waals surface area contributed by atoms with E-state index in [1.807, 2.05) is 27.7 Å². The summed E-state index contributed by atoms with van der Waals surface area (Å²) in [4.78, 5) is 56.6. The summed E-state index contributed by atoms with van der Waals surface area (Å²) >= 11 is 5.30. The van der Waals surface area contributed by atoms with Crippen LogP contribution in [0, 0.1) is 69.5 Å². The number of aliphatic hydroxyl groups is 2. The van der Waals surface area contributed by atoms with Gasteiger partial charge in [-0.05, 0) is 245 Å². The molecule has 0 amide bonds. The average molecular weight is 1590 g/mol. The first-order valence-corrected chi connectivity index (χ1v) is 44.7. The van der Waals surface area contributed by atoms with Crippen molar-refractivity contribution in [1.82, 2.24) is 0 Å². The van der Waals surface area contributed by atoms with Crippen LogP contribution in [0.2, 0.25) is 6.32 Å². The van der Waals surface area contributed by atoms with Crippen LogP contribution in [0.3, 0.4) is 0 Å². The van der Waals surface area contributed by atoms with Gasteiger partial charge in [-0.15, -0.1) is 0 Å². The Morgan fingerprint density at radius 1 is 0.544 bits per heavy atom. The number of aliphatic hydroxyl groups excluding tert-OH is 2. The number of carbonyl (C=O) groups is 5. The Hall–Kier alpha value is -2.84. The van der Waals surface area contributed by atoms with Crippen LogP contribution in [0.5, 0.6) is 0 Å². The van der Waals surface area contributed by atoms with Gasteiger partial charge in [0, 0.05) is 39.6 Å². The predicted octanol–water partition coefficient (Wildman–Crippen LogP) is 15.6. The van der Waals surface area contributed by atoms with Crippen LogP contribution in [-0.4, -0.2) is 69.8 Å². The van der Waals surface area contributed by atoms with E-state index in [0.717, 1.165) is 64.1 Å². The van der Waals surface area contributed by atoms with E-state index in [1.165, 1.54) is 108 Å². The molecule has 12 aliphatic carbocycles. The molecule has 12 saturated carbocycles. The number of halogens is 9. The number of Topliss-reactive ketones (excluding diaryl/α,β-unsaturated/α-hetero) is 4. The van der Waals surface area contributed by atoms with Gasteiger partial charge in [-0.1, -0.05) is 79.4 Å². The second-order valence-electron chi connectivity index (χ2n) is 29.8. The van der Waals surface area contributed by atoms with E-state index in [1.54, 1.807) is 24.3 Å². The first-order valence-electron chi connectivity index (χ1n) is 32.1. The molecule has 2 unspecified atom stereocenters. The van der Waals surface area contributed by atoms with Gasteiger partial charge in [-0.3, -0.25) is 24.0 Å². The zero-order chi connectivity index (χ0) is 65.7. The molecule has 90 heavy (non-hydrogen) atoms. The van der Waals surface area contributed by atoms with Crippen molar-refractivity contribution >= 4 is 73.8 Å². The van der Waals surface area contributed by atoms with Crippen molar-refractivity contribution in [2.24, 2.45) is 69.5 Å². The van der Waals surface area contributed by atoms with Gasteiger partial charge in [-0.25, -0.2) is 0 Å². The molecule has 1 aliphatic heterocycles. The van der Waals surface area contributed by atoms with Crippen LogP contribution >= 0.6 is 37.2 Å². The van der Waals surface area contributed by atoms with E-state index in [2.05, 4.69) is 43.8 Å². The number of alkyl halides is 4. The molecule has 0 spiro atoms. The van der Waals surface area contributed by atoms with Crippen molar-refractivity contribution in [1.29, 1.82) is 0 Å². The summed E-state index contributed by atoms with van der Waals surface area (Å²) in [7, 11) is -0.556. The predicted molar refractivity (Wildman–Crippen MR) is 349 cm³/mol. The fraction of sp³-hybridized carbons (Fsp3) is 0.620. The van der Waals surface area contributed by atoms with Gasteiger partial charge in [-0.2, -0.15) is 26.3 Å². The van der Waals surface area contributed by atoms with Crippen LogP contribution < -0.4 is 13.3 Å². The first kappa shape index (κ1) is 71.5. The van der Waals surface area contributed by atoms with Crippen LogP contribution in [0.15, 0.2) is 96.6 Å². The molecule has 3 aromatic carbocycles. The van der Waals surface area contributed by atoms with Crippen molar-refractivity contribution in [2.75, 3.05) is 0 Å². The molecule has 0 radical (unpaired) electrons. The van der Waals surface area contributed by atoms with Gasteiger partial charge in [0.1, 0.15) is 12.4 Å². The third-order valence-corrected chi connectivity index (χ3v) is 22.9. The molecule has 16 rings (SSSR count). The van der Waals surface area contributed by atoms with Gasteiger partial charge >= 0.3 is 63.5 Å². The Morgan fingerprint density at radius 2 is 0.822 bits per heavy atom. The minimum absolute atomic E-state index is 0.0162. The summed E-state index contributed by atoms with van der Waals surface area (Å²) in [6, 6.07) is 17.8. The SMILES string of the molecule is C=C(C12CC3CC(CC(C3)C1)C2)C(F)(F)C(O)c1ccc(C(C)=O)cc1.CC(=O)c1ccc(C(O)C(F)(F)C(=O)C23CC4CC(CC(C4)C2)C3)cc1.CC(=O)c1ccc(C=O)cc1.CC1(C)OB(CC(=C(F)F)C23CC4CC(CC(C4)C2)C3)OC1(C)C.I[I-]I. The van der Waals surface area contributed by atoms with Crippen LogP contribution in [0.4, 0.5) is 26.3 Å². The van der Waals surface area contributed by atoms with E-state index < -0.39 is 65.1 Å². The molecule has 3 aromatic rings. The Bertz CT molecular complexity index is 2910. The van der Waals surface area contributed by atoms with Crippen molar-refractivity contribution in [3.63, 3.8) is 0 Å². The van der Waals surface area contributed by atoms with Crippen molar-refractivity contribution in [3.8, 4) is 0 Å². The van der Waals surface area contributed by atoms with Gasteiger partial charge in [0.2, 0.25) is 5.78 Å². The zero-order valence-corrected chi connectivity index (χ0v) is 59.2. The number of rotatable bonds is 15. The van der Waals surface area contributed by atoms with Gasteiger partial charge in [0.25, 0.3) is 12.0 Å². The molecule has 492 valence electrons. The summed E-state index contributed by atoms with van der Waals surface area (Å²) in [6.45, 7) is 16.1. The topological polar surface area (TPSA) is 144 Å². The van der Waals surface area contributed by atoms with Crippen molar-refractivity contribution < 1.29 is 83.1 Å². The third-order valence-electron chi connectivity index (χ3n) is 22.9. The molecular formula is C71H87BF6I3O9-. The number of hydrogen-bond donors (Lipinski definition) is 2. The van der Waals surface area contributed by atoms with Gasteiger partial charge in [0.15, 0.2) is 23.5 Å². The van der Waals surface area contributed by atoms with E-state index in [-0.39, 0.29) is 45.8 Å². The molecule has 2 atom stereocenters. The molecule has 2 N–H and O–H groups in total. The summed E-state index contributed by atoms with van der Waals surface area (Å²) in [5.41, 5.74) is -0.245. The molecule has 9 nitrogen and oxygen atoms in total. The molecule has 1 heterocycles. The van der Waals surface area contributed by atoms with Gasteiger partial charge in [0.05, 0.1) is 11.2 Å². The first-order chi connectivity index (χ1) is 42.2. The fourth-order valence-corrected chi connectivity index (χ4v) is 19.1. The maximum absolute atomic E-state index is 15.2. The Kier molecular flexibility index (Phi) is 22.3. The summed E-state index contributed by atoms with van der Waals surface area (Å²) in [5, 5.41) is 20.7. The number of ketones is 4. The van der Waals surface area contributed by atoms with Crippen LogP contribution in [0.1, 0.15) is 229 Å². The monoisotopic (exact) mass is 1590 g/mol. The molecule has 19 heteroatoms. The molecular weight excluding hydrogens is 1500 g/mol. The Morgan fingerprint density at radius 3 is 1.11 bits per heavy atom. The van der Waals surface area contributed by atoms with E-state index in [9.17, 15) is 51.7 Å². The number of hydrogen-bond acceptors (Lipinski definition) is 9. The summed E-state index contributed by atoms with van der Waals surface area (Å²) < 4.78 is 101. The van der Waals surface area contributed by atoms with Gasteiger partial charge < -0.3 is 19.5 Å². The second kappa shape index (κ2) is 28.1. The third kappa shape index (κ3) is 15.2. The number of benzene rings is 3. The molecule has 13 fully saturated rings. The van der Waals surface area contributed by atoms with Crippen molar-refractivity contribution in [3.05, 3.63) is 130 Å². The quantitative estimate of drug-likeness (QED) is 0.0379. The second-order valence-corrected chi connectivity index (χ2v) is 46.0. The van der Waals surface area contributed by atoms with E-state index in [4.69, 9.17) is 9.31 Å². The molecule has 1 saturated heterocycles. The fourth-order valence-electron chi connectivity index (χ4n) is 19.1. The molecule has 13 aliphatic rings. The zero-order valence-electron chi connectivity index (χ0n) is 52.7. The minimum atomic E-state index is -3.82. The number of carbonyl (C=O) groups excluding carboxylic acids is 5. The molecule has 0 aromatic heterocycles. The Labute approximate surface area is 557 Å². The van der Waals surface area contributed by atoms with E-state index >= 15 is 8.78 Å². The number of allylic oxidation sites excluding steroid dienone is 1. The number of aldehydes is 1. The Balaban J connectivity index is 0.000000145. The van der Waals surface area contributed by atoms with Crippen LogP contribution in [-0.2, 0) is 14.1 Å².